The van der Waals surface area contributed by atoms with Crippen molar-refractivity contribution in [2.75, 3.05) is 24.9 Å². The number of anilines is 1. The first-order chi connectivity index (χ1) is 24.6. The van der Waals surface area contributed by atoms with E-state index in [2.05, 4.69) is 40.3 Å². The fourth-order valence-corrected chi connectivity index (χ4v) is 5.59. The standard InChI is InChI=1S/C30H28N8O12S2/c1-17-3-5-18(6-4-17)32-34-22-9-7-19(13-23(22)38-49-16-31)33-36-27-21(30(41)42)15-25(39)28(29(27)40)37-35-24-14-20(8-10-26(24)48-2)51(43,44)12-11-50-52(45,46)47/h3-10,13-16,31,38-40H,11-12H2,1-2H3,(H,41,42)(H,45,46,47). The molecule has 0 aliphatic heterocycles. The van der Waals surface area contributed by atoms with E-state index in [9.17, 15) is 36.9 Å². The summed E-state index contributed by atoms with van der Waals surface area (Å²) in [6, 6.07) is 15.5. The van der Waals surface area contributed by atoms with Crippen molar-refractivity contribution in [3.8, 4) is 17.2 Å². The van der Waals surface area contributed by atoms with Gasteiger partial charge in [0.1, 0.15) is 34.2 Å². The molecule has 0 saturated heterocycles. The number of ether oxygens (including phenoxy) is 1. The summed E-state index contributed by atoms with van der Waals surface area (Å²) in [6.07, 6.45) is 0.617. The number of azo groups is 3. The maximum atomic E-state index is 12.7. The van der Waals surface area contributed by atoms with Crippen molar-refractivity contribution in [2.24, 2.45) is 30.7 Å². The number of nitrogens with zero attached hydrogens (tertiary/aromatic N) is 6. The van der Waals surface area contributed by atoms with Crippen LogP contribution < -0.4 is 10.2 Å². The van der Waals surface area contributed by atoms with Crippen molar-refractivity contribution in [3.63, 3.8) is 0 Å². The monoisotopic (exact) mass is 756 g/mol. The van der Waals surface area contributed by atoms with Crippen LogP contribution in [-0.4, -0.2) is 68.5 Å². The molecule has 22 heteroatoms. The average Bonchev–Trinajstić information content (AvgIpc) is 3.09. The molecule has 0 atom stereocenters. The number of aryl methyl sites for hydroxylation is 1. The third kappa shape index (κ3) is 10.1. The van der Waals surface area contributed by atoms with Crippen molar-refractivity contribution in [2.45, 2.75) is 11.8 Å². The number of phenolic OH excluding ortho intramolecular Hbond substituents is 2. The van der Waals surface area contributed by atoms with E-state index in [0.29, 0.717) is 12.1 Å². The Labute approximate surface area is 295 Å². The maximum absolute atomic E-state index is 12.7. The zero-order chi connectivity index (χ0) is 38.1. The zero-order valence-corrected chi connectivity index (χ0v) is 28.5. The first kappa shape index (κ1) is 38.4. The largest absolute Gasteiger partial charge is 0.505 e. The lowest BCUT2D eigenvalue weighted by molar-refractivity contribution is 0.0696. The number of aromatic hydroxyl groups is 2. The molecule has 0 amide bonds. The second kappa shape index (κ2) is 16.6. The highest BCUT2D eigenvalue weighted by molar-refractivity contribution is 7.91. The Kier molecular flexibility index (Phi) is 12.2. The minimum atomic E-state index is -4.89. The fourth-order valence-electron chi connectivity index (χ4n) is 4.09. The van der Waals surface area contributed by atoms with E-state index in [4.69, 9.17) is 19.5 Å². The van der Waals surface area contributed by atoms with Gasteiger partial charge in [0.25, 0.3) is 0 Å². The number of rotatable bonds is 16. The summed E-state index contributed by atoms with van der Waals surface area (Å²) in [4.78, 5) is 16.5. The van der Waals surface area contributed by atoms with Crippen LogP contribution in [0.2, 0.25) is 0 Å². The van der Waals surface area contributed by atoms with Gasteiger partial charge < -0.3 is 24.9 Å². The van der Waals surface area contributed by atoms with Gasteiger partial charge in [-0.05, 0) is 61.5 Å². The number of hydrogen-bond acceptors (Lipinski definition) is 18. The molecule has 0 radical (unpaired) electrons. The van der Waals surface area contributed by atoms with E-state index < -0.39 is 67.0 Å². The van der Waals surface area contributed by atoms with Gasteiger partial charge in [-0.3, -0.25) is 9.96 Å². The Morgan fingerprint density at radius 2 is 1.50 bits per heavy atom. The summed E-state index contributed by atoms with van der Waals surface area (Å²) in [5.74, 6) is -4.29. The molecule has 0 aliphatic carbocycles. The molecule has 0 spiro atoms. The summed E-state index contributed by atoms with van der Waals surface area (Å²) >= 11 is 0. The molecule has 272 valence electrons. The fraction of sp³-hybridized carbons (Fsp3) is 0.133. The van der Waals surface area contributed by atoms with Crippen LogP contribution in [0.5, 0.6) is 17.2 Å². The van der Waals surface area contributed by atoms with E-state index in [1.807, 2.05) is 19.1 Å². The second-order valence-corrected chi connectivity index (χ2v) is 13.4. The van der Waals surface area contributed by atoms with Gasteiger partial charge in [0, 0.05) is 0 Å². The van der Waals surface area contributed by atoms with Gasteiger partial charge in [-0.25, -0.2) is 22.9 Å². The van der Waals surface area contributed by atoms with Crippen LogP contribution in [0.3, 0.4) is 0 Å². The molecule has 0 fully saturated rings. The highest BCUT2D eigenvalue weighted by Crippen LogP contribution is 2.47. The molecule has 0 bridgehead atoms. The van der Waals surface area contributed by atoms with Gasteiger partial charge in [-0.2, -0.15) is 18.6 Å². The lowest BCUT2D eigenvalue weighted by Gasteiger charge is -2.10. The van der Waals surface area contributed by atoms with Gasteiger partial charge in [-0.15, -0.1) is 20.5 Å². The molecule has 0 saturated carbocycles. The van der Waals surface area contributed by atoms with Crippen LogP contribution >= 0.6 is 0 Å². The van der Waals surface area contributed by atoms with Crippen LogP contribution in [-0.2, 0) is 29.3 Å². The molecule has 4 aromatic carbocycles. The van der Waals surface area contributed by atoms with Gasteiger partial charge in [0.15, 0.2) is 21.3 Å². The number of carbonyl (C=O) groups is 1. The third-order valence-corrected chi connectivity index (χ3v) is 8.73. The predicted molar refractivity (Wildman–Crippen MR) is 183 cm³/mol. The van der Waals surface area contributed by atoms with Crippen molar-refractivity contribution < 1.29 is 55.3 Å². The van der Waals surface area contributed by atoms with Crippen LogP contribution in [0.15, 0.2) is 102 Å². The number of phenols is 2. The Bertz CT molecular complexity index is 2300. The number of nitrogens with one attached hydrogen (secondary N) is 2. The van der Waals surface area contributed by atoms with Gasteiger partial charge in [0.2, 0.25) is 6.40 Å². The van der Waals surface area contributed by atoms with Gasteiger partial charge in [0.05, 0.1) is 41.3 Å². The second-order valence-electron chi connectivity index (χ2n) is 10.2. The molecule has 0 unspecified atom stereocenters. The molecule has 0 heterocycles. The first-order valence-corrected chi connectivity index (χ1v) is 17.3. The van der Waals surface area contributed by atoms with Crippen molar-refractivity contribution >= 4 is 72.4 Å². The summed E-state index contributed by atoms with van der Waals surface area (Å²) in [5.41, 5.74) is 2.37. The zero-order valence-electron chi connectivity index (χ0n) is 26.9. The minimum absolute atomic E-state index is 0.0174. The molecule has 4 aromatic rings. The van der Waals surface area contributed by atoms with Gasteiger partial charge >= 0.3 is 16.4 Å². The van der Waals surface area contributed by atoms with Crippen molar-refractivity contribution in [1.29, 1.82) is 5.41 Å². The van der Waals surface area contributed by atoms with Crippen LogP contribution in [0.4, 0.5) is 39.8 Å². The quantitative estimate of drug-likeness (QED) is 0.0223. The SMILES string of the molecule is COc1ccc(S(=O)(=O)CCOS(=O)(=O)O)cc1N=Nc1c(O)cc(C(=O)O)c(N=Nc2ccc(N=Nc3ccc(C)cc3)c(NOC=N)c2)c1O. The number of hydrogen-bond donors (Lipinski definition) is 6. The Balaban J connectivity index is 1.69. The van der Waals surface area contributed by atoms with E-state index >= 15 is 0 Å². The van der Waals surface area contributed by atoms with Crippen LogP contribution in [0.25, 0.3) is 0 Å². The highest BCUT2D eigenvalue weighted by atomic mass is 32.3. The van der Waals surface area contributed by atoms with E-state index in [1.165, 1.54) is 31.4 Å². The summed E-state index contributed by atoms with van der Waals surface area (Å²) in [6.45, 7) is 1.03. The van der Waals surface area contributed by atoms with Crippen LogP contribution in [0, 0.1) is 12.3 Å². The number of aromatic carboxylic acids is 1. The molecule has 4 rings (SSSR count). The minimum Gasteiger partial charge on any atom is -0.505 e. The van der Waals surface area contributed by atoms with Crippen LogP contribution in [0.1, 0.15) is 15.9 Å². The van der Waals surface area contributed by atoms with E-state index in [0.717, 1.165) is 23.8 Å². The lowest BCUT2D eigenvalue weighted by Crippen LogP contribution is -2.15. The molecular formula is C30H28N8O12S2. The topological polar surface area (TPSA) is 304 Å². The molecule has 52 heavy (non-hydrogen) atoms. The Morgan fingerprint density at radius 1 is 0.846 bits per heavy atom. The molecule has 0 aliphatic rings. The van der Waals surface area contributed by atoms with E-state index in [1.54, 1.807) is 12.1 Å². The highest BCUT2D eigenvalue weighted by Gasteiger charge is 2.23. The Hall–Kier alpha value is -6.36. The summed E-state index contributed by atoms with van der Waals surface area (Å²) < 4.78 is 64.9. The first-order valence-electron chi connectivity index (χ1n) is 14.3. The van der Waals surface area contributed by atoms with Crippen molar-refractivity contribution in [1.82, 2.24) is 0 Å². The third-order valence-electron chi connectivity index (χ3n) is 6.59. The maximum Gasteiger partial charge on any atom is 0.397 e. The number of carboxylic acid groups (broad SMARTS) is 1. The summed E-state index contributed by atoms with van der Waals surface area (Å²) in [7, 11) is -7.85. The number of benzene rings is 4. The smallest absolute Gasteiger partial charge is 0.397 e. The number of carboxylic acids is 1. The van der Waals surface area contributed by atoms with Crippen molar-refractivity contribution in [3.05, 3.63) is 77.9 Å². The molecule has 0 aromatic heterocycles. The summed E-state index contributed by atoms with van der Waals surface area (Å²) in [5, 5.41) is 62.3. The number of methoxy groups -OCH3 is 1. The average molecular weight is 757 g/mol. The number of sulfone groups is 1. The molecule has 6 N–H and O–H groups in total. The van der Waals surface area contributed by atoms with E-state index in [-0.39, 0.29) is 33.4 Å². The normalized spacial score (nSPS) is 12.1. The Morgan fingerprint density at radius 3 is 2.15 bits per heavy atom. The molecule has 20 nitrogen and oxygen atoms in total. The predicted octanol–water partition coefficient (Wildman–Crippen LogP) is 6.90. The van der Waals surface area contributed by atoms with Gasteiger partial charge in [-0.1, -0.05) is 17.7 Å². The molecular weight excluding hydrogens is 729 g/mol. The lowest BCUT2D eigenvalue weighted by atomic mass is 10.1.